The van der Waals surface area contributed by atoms with Crippen molar-refractivity contribution in [2.24, 2.45) is 0 Å². The molecule has 0 fully saturated rings. The first kappa shape index (κ1) is 11.3. The largest absolute Gasteiger partial charge is 0.272 e. The fraction of sp³-hybridized carbons (Fsp3) is 0.125. The minimum atomic E-state index is 0.149. The molecule has 0 atom stereocenters. The van der Waals surface area contributed by atoms with Crippen LogP contribution in [0, 0.1) is 5.92 Å². The van der Waals surface area contributed by atoms with Gasteiger partial charge in [0.25, 0.3) is 5.43 Å². The second-order valence-corrected chi connectivity index (χ2v) is 5.69. The lowest BCUT2D eigenvalue weighted by atomic mass is 9.98. The summed E-state index contributed by atoms with van der Waals surface area (Å²) in [5.41, 5.74) is 1.22. The van der Waals surface area contributed by atoms with Crippen LogP contribution in [0.4, 0.5) is 0 Å². The Morgan fingerprint density at radius 1 is 0.944 bits per heavy atom. The van der Waals surface area contributed by atoms with E-state index in [0.717, 1.165) is 25.7 Å². The number of hydrogen-bond donors (Lipinski definition) is 0. The van der Waals surface area contributed by atoms with E-state index in [1.54, 1.807) is 11.3 Å². The maximum absolute atomic E-state index is 12.6. The van der Waals surface area contributed by atoms with Crippen LogP contribution in [0.25, 0.3) is 20.2 Å². The van der Waals surface area contributed by atoms with E-state index >= 15 is 0 Å². The van der Waals surface area contributed by atoms with E-state index in [2.05, 4.69) is 0 Å². The van der Waals surface area contributed by atoms with Crippen molar-refractivity contribution < 1.29 is 0 Å². The lowest BCUT2D eigenvalue weighted by Gasteiger charge is -2.02. The molecule has 0 unspecified atom stereocenters. The zero-order valence-corrected chi connectivity index (χ0v) is 11.2. The predicted molar refractivity (Wildman–Crippen MR) is 79.3 cm³/mol. The van der Waals surface area contributed by atoms with Crippen LogP contribution < -0.4 is 5.43 Å². The van der Waals surface area contributed by atoms with E-state index in [4.69, 9.17) is 0 Å². The van der Waals surface area contributed by atoms with Crippen molar-refractivity contribution in [1.82, 2.24) is 0 Å². The first-order chi connectivity index (χ1) is 8.68. The van der Waals surface area contributed by atoms with E-state index in [1.165, 1.54) is 5.92 Å². The van der Waals surface area contributed by atoms with E-state index < -0.39 is 0 Å². The molecule has 1 aromatic heterocycles. The maximum Gasteiger partial charge on any atom is 0.251 e. The molecule has 3 rings (SSSR count). The van der Waals surface area contributed by atoms with Crippen LogP contribution in [0.2, 0.25) is 0 Å². The Kier molecular flexibility index (Phi) is 2.60. The fourth-order valence-electron chi connectivity index (χ4n) is 2.26. The van der Waals surface area contributed by atoms with Crippen molar-refractivity contribution in [2.45, 2.75) is 13.8 Å². The lowest BCUT2D eigenvalue weighted by molar-refractivity contribution is 1.16. The van der Waals surface area contributed by atoms with E-state index in [0.29, 0.717) is 0 Å². The molecule has 0 spiro atoms. The van der Waals surface area contributed by atoms with Crippen molar-refractivity contribution >= 4 is 31.5 Å². The normalized spacial score (nSPS) is 11.0. The monoisotopic (exact) mass is 253 g/mol. The average Bonchev–Trinajstić information content (AvgIpc) is 2.38. The highest BCUT2D eigenvalue weighted by Crippen LogP contribution is 2.29. The standard InChI is InChI=1S/C16H13OS/c1-10(2)11-7-5-9-14-15(11)16(17)12-6-3-4-8-13(12)18-14/h3-9H,1-2H3/q+1. The summed E-state index contributed by atoms with van der Waals surface area (Å²) >= 11 is 1.68. The molecular formula is C16H13OS+. The summed E-state index contributed by atoms with van der Waals surface area (Å²) in [5, 5.41) is 1.69. The summed E-state index contributed by atoms with van der Waals surface area (Å²) in [5.74, 6) is 1.18. The maximum atomic E-state index is 12.6. The molecule has 0 aliphatic heterocycles. The molecule has 1 heterocycles. The first-order valence-electron chi connectivity index (χ1n) is 5.93. The van der Waals surface area contributed by atoms with Crippen LogP contribution in [-0.2, 0) is 0 Å². The van der Waals surface area contributed by atoms with Gasteiger partial charge in [-0.1, -0.05) is 12.1 Å². The average molecular weight is 253 g/mol. The molecule has 0 amide bonds. The molecule has 88 valence electrons. The topological polar surface area (TPSA) is 17.1 Å². The Labute approximate surface area is 110 Å². The lowest BCUT2D eigenvalue weighted by Crippen LogP contribution is -2.05. The van der Waals surface area contributed by atoms with Crippen molar-refractivity contribution in [3.05, 3.63) is 64.2 Å². The third-order valence-electron chi connectivity index (χ3n) is 3.14. The SMILES string of the molecule is C[C+](C)c1cccc2sc3ccccc3c(=O)c12. The highest BCUT2D eigenvalue weighted by Gasteiger charge is 2.19. The highest BCUT2D eigenvalue weighted by molar-refractivity contribution is 7.24. The van der Waals surface area contributed by atoms with Crippen LogP contribution in [0.15, 0.2) is 47.3 Å². The van der Waals surface area contributed by atoms with Gasteiger partial charge >= 0.3 is 0 Å². The summed E-state index contributed by atoms with van der Waals surface area (Å²) in [6, 6.07) is 13.9. The van der Waals surface area contributed by atoms with Gasteiger partial charge in [-0.25, -0.2) is 0 Å². The summed E-state index contributed by atoms with van der Waals surface area (Å²) in [6.07, 6.45) is 0. The van der Waals surface area contributed by atoms with E-state index in [9.17, 15) is 4.79 Å². The molecule has 18 heavy (non-hydrogen) atoms. The van der Waals surface area contributed by atoms with Crippen molar-refractivity contribution in [1.29, 1.82) is 0 Å². The van der Waals surface area contributed by atoms with E-state index in [-0.39, 0.29) is 5.43 Å². The number of rotatable bonds is 1. The molecule has 0 bridgehead atoms. The first-order valence-corrected chi connectivity index (χ1v) is 6.75. The summed E-state index contributed by atoms with van der Waals surface area (Å²) in [6.45, 7) is 4.10. The van der Waals surface area contributed by atoms with Gasteiger partial charge in [0.1, 0.15) is 10.9 Å². The molecule has 3 aromatic rings. The Bertz CT molecular complexity index is 784. The van der Waals surface area contributed by atoms with Gasteiger partial charge in [-0.15, -0.1) is 11.3 Å². The summed E-state index contributed by atoms with van der Waals surface area (Å²) in [4.78, 5) is 12.6. The van der Waals surface area contributed by atoms with Crippen molar-refractivity contribution in [3.63, 3.8) is 0 Å². The quantitative estimate of drug-likeness (QED) is 0.464. The fourth-order valence-corrected chi connectivity index (χ4v) is 3.37. The van der Waals surface area contributed by atoms with Crippen LogP contribution in [0.5, 0.6) is 0 Å². The number of fused-ring (bicyclic) bond motifs is 2. The second kappa shape index (κ2) is 4.14. The van der Waals surface area contributed by atoms with Gasteiger partial charge in [0.2, 0.25) is 0 Å². The third kappa shape index (κ3) is 1.61. The van der Waals surface area contributed by atoms with Gasteiger partial charge in [-0.2, -0.15) is 0 Å². The van der Waals surface area contributed by atoms with Gasteiger partial charge in [0, 0.05) is 30.5 Å². The van der Waals surface area contributed by atoms with Gasteiger partial charge < -0.3 is 0 Å². The molecule has 2 heteroatoms. The molecule has 0 radical (unpaired) electrons. The molecule has 0 aliphatic carbocycles. The molecule has 0 saturated carbocycles. The smallest absolute Gasteiger partial charge is 0.251 e. The molecule has 0 N–H and O–H groups in total. The van der Waals surface area contributed by atoms with Crippen molar-refractivity contribution in [2.75, 3.05) is 0 Å². The van der Waals surface area contributed by atoms with Gasteiger partial charge in [0.15, 0.2) is 0 Å². The Morgan fingerprint density at radius 3 is 2.44 bits per heavy atom. The molecule has 1 nitrogen and oxygen atoms in total. The second-order valence-electron chi connectivity index (χ2n) is 4.61. The molecule has 2 aromatic carbocycles. The molecular weight excluding hydrogens is 240 g/mol. The van der Waals surface area contributed by atoms with E-state index in [1.807, 2.05) is 56.3 Å². The van der Waals surface area contributed by atoms with Gasteiger partial charge in [-0.05, 0) is 24.3 Å². The number of benzene rings is 2. The van der Waals surface area contributed by atoms with Crippen LogP contribution in [-0.4, -0.2) is 0 Å². The zero-order valence-electron chi connectivity index (χ0n) is 10.4. The predicted octanol–water partition coefficient (Wildman–Crippen LogP) is 4.38. The number of hydrogen-bond acceptors (Lipinski definition) is 2. The summed E-state index contributed by atoms with van der Waals surface area (Å²) < 4.78 is 2.12. The minimum Gasteiger partial charge on any atom is -0.272 e. The zero-order chi connectivity index (χ0) is 12.7. The Morgan fingerprint density at radius 2 is 1.67 bits per heavy atom. The minimum absolute atomic E-state index is 0.149. The molecule has 0 aliphatic rings. The van der Waals surface area contributed by atoms with Crippen LogP contribution >= 0.6 is 11.3 Å². The highest BCUT2D eigenvalue weighted by atomic mass is 32.1. The molecule has 0 saturated heterocycles. The van der Waals surface area contributed by atoms with Crippen molar-refractivity contribution in [3.8, 4) is 0 Å². The van der Waals surface area contributed by atoms with Crippen LogP contribution in [0.3, 0.4) is 0 Å². The Hall–Kier alpha value is -1.80. The van der Waals surface area contributed by atoms with Gasteiger partial charge in [0.05, 0.1) is 10.1 Å². The third-order valence-corrected chi connectivity index (χ3v) is 4.28. The van der Waals surface area contributed by atoms with Gasteiger partial charge in [-0.3, -0.25) is 4.79 Å². The summed E-state index contributed by atoms with van der Waals surface area (Å²) in [7, 11) is 0. The van der Waals surface area contributed by atoms with Crippen LogP contribution in [0.1, 0.15) is 19.4 Å². The Balaban J connectivity index is 2.57.